The Morgan fingerprint density at radius 1 is 1.53 bits per heavy atom. The number of methoxy groups -OCH3 is 1. The van der Waals surface area contributed by atoms with E-state index in [4.69, 9.17) is 21.4 Å². The first-order chi connectivity index (χ1) is 7.13. The van der Waals surface area contributed by atoms with Gasteiger partial charge in [-0.25, -0.2) is 0 Å². The predicted octanol–water partition coefficient (Wildman–Crippen LogP) is 2.28. The highest BCUT2D eigenvalue weighted by molar-refractivity contribution is 6.33. The lowest BCUT2D eigenvalue weighted by Gasteiger charge is -2.11. The van der Waals surface area contributed by atoms with Gasteiger partial charge in [0.25, 0.3) is 0 Å². The van der Waals surface area contributed by atoms with Gasteiger partial charge in [-0.05, 0) is 24.6 Å². The summed E-state index contributed by atoms with van der Waals surface area (Å²) in [4.78, 5) is 0. The van der Waals surface area contributed by atoms with Crippen molar-refractivity contribution >= 4 is 17.3 Å². The maximum atomic E-state index is 9.12. The molecule has 0 unspecified atom stereocenters. The fraction of sp³-hybridized carbons (Fsp3) is 0.455. The van der Waals surface area contributed by atoms with Gasteiger partial charge >= 0.3 is 0 Å². The molecule has 0 saturated carbocycles. The molecule has 0 aromatic heterocycles. The molecule has 3 nitrogen and oxygen atoms in total. The lowest BCUT2D eigenvalue weighted by molar-refractivity contribution is 0.185. The van der Waals surface area contributed by atoms with Gasteiger partial charge in [-0.2, -0.15) is 0 Å². The number of halogens is 1. The predicted molar refractivity (Wildman–Crippen MR) is 62.3 cm³/mol. The first-order valence-corrected chi connectivity index (χ1v) is 5.20. The van der Waals surface area contributed by atoms with E-state index in [1.165, 1.54) is 0 Å². The van der Waals surface area contributed by atoms with Gasteiger partial charge in [-0.1, -0.05) is 17.7 Å². The van der Waals surface area contributed by atoms with Crippen LogP contribution in [0, 0.1) is 0 Å². The Labute approximate surface area is 95.0 Å². The molecule has 2 N–H and O–H groups in total. The van der Waals surface area contributed by atoms with Crippen LogP contribution in [0.15, 0.2) is 18.2 Å². The standard InChI is InChI=1S/C11H16ClNO2/c1-8(14)6-13-11-4-3-9(7-15-2)5-10(11)12/h3-5,8,13-14H,6-7H2,1-2H3/t8-/m0/s1. The summed E-state index contributed by atoms with van der Waals surface area (Å²) >= 11 is 6.05. The number of nitrogens with one attached hydrogen (secondary N) is 1. The smallest absolute Gasteiger partial charge is 0.0713 e. The molecule has 0 aliphatic rings. The van der Waals surface area contributed by atoms with E-state index >= 15 is 0 Å². The molecular weight excluding hydrogens is 214 g/mol. The zero-order chi connectivity index (χ0) is 11.3. The Bertz CT molecular complexity index is 315. The number of benzene rings is 1. The number of aliphatic hydroxyl groups excluding tert-OH is 1. The average molecular weight is 230 g/mol. The molecule has 0 fully saturated rings. The molecule has 1 atom stereocenters. The van der Waals surface area contributed by atoms with Gasteiger partial charge in [0, 0.05) is 13.7 Å². The van der Waals surface area contributed by atoms with Crippen LogP contribution in [-0.4, -0.2) is 24.9 Å². The van der Waals surface area contributed by atoms with E-state index in [9.17, 15) is 0 Å². The van der Waals surface area contributed by atoms with Gasteiger partial charge in [0.15, 0.2) is 0 Å². The first-order valence-electron chi connectivity index (χ1n) is 4.82. The molecular formula is C11H16ClNO2. The van der Waals surface area contributed by atoms with Crippen molar-refractivity contribution in [2.24, 2.45) is 0 Å². The summed E-state index contributed by atoms with van der Waals surface area (Å²) < 4.78 is 5.00. The van der Waals surface area contributed by atoms with E-state index in [0.29, 0.717) is 18.2 Å². The molecule has 0 aliphatic carbocycles. The number of hydrogen-bond donors (Lipinski definition) is 2. The van der Waals surface area contributed by atoms with Crippen LogP contribution < -0.4 is 5.32 Å². The minimum absolute atomic E-state index is 0.389. The highest BCUT2D eigenvalue weighted by atomic mass is 35.5. The van der Waals surface area contributed by atoms with Crippen LogP contribution in [0.2, 0.25) is 5.02 Å². The molecule has 1 aromatic rings. The van der Waals surface area contributed by atoms with E-state index in [1.54, 1.807) is 14.0 Å². The molecule has 4 heteroatoms. The molecule has 0 spiro atoms. The second-order valence-corrected chi connectivity index (χ2v) is 3.88. The summed E-state index contributed by atoms with van der Waals surface area (Å²) in [6.07, 6.45) is -0.389. The second kappa shape index (κ2) is 5.95. The minimum atomic E-state index is -0.389. The fourth-order valence-electron chi connectivity index (χ4n) is 1.22. The minimum Gasteiger partial charge on any atom is -0.392 e. The van der Waals surface area contributed by atoms with Crippen molar-refractivity contribution < 1.29 is 9.84 Å². The van der Waals surface area contributed by atoms with Gasteiger partial charge in [-0.15, -0.1) is 0 Å². The molecule has 0 radical (unpaired) electrons. The maximum absolute atomic E-state index is 9.12. The highest BCUT2D eigenvalue weighted by Gasteiger charge is 2.02. The third-order valence-corrected chi connectivity index (χ3v) is 2.25. The summed E-state index contributed by atoms with van der Waals surface area (Å²) in [6, 6.07) is 5.69. The molecule has 15 heavy (non-hydrogen) atoms. The van der Waals surface area contributed by atoms with E-state index in [2.05, 4.69) is 5.32 Å². The van der Waals surface area contributed by atoms with E-state index in [-0.39, 0.29) is 6.10 Å². The Morgan fingerprint density at radius 2 is 2.27 bits per heavy atom. The normalized spacial score (nSPS) is 12.5. The summed E-state index contributed by atoms with van der Waals surface area (Å²) in [5, 5.41) is 12.8. The maximum Gasteiger partial charge on any atom is 0.0713 e. The topological polar surface area (TPSA) is 41.5 Å². The van der Waals surface area contributed by atoms with Gasteiger partial charge in [0.1, 0.15) is 0 Å². The number of aliphatic hydroxyl groups is 1. The number of ether oxygens (including phenoxy) is 1. The van der Waals surface area contributed by atoms with Crippen molar-refractivity contribution in [1.82, 2.24) is 0 Å². The van der Waals surface area contributed by atoms with Crippen LogP contribution in [-0.2, 0) is 11.3 Å². The zero-order valence-corrected chi connectivity index (χ0v) is 9.71. The van der Waals surface area contributed by atoms with Crippen LogP contribution in [0.3, 0.4) is 0 Å². The summed E-state index contributed by atoms with van der Waals surface area (Å²) in [5.74, 6) is 0. The number of anilines is 1. The molecule has 84 valence electrons. The summed E-state index contributed by atoms with van der Waals surface area (Å²) in [7, 11) is 1.65. The zero-order valence-electron chi connectivity index (χ0n) is 8.96. The Morgan fingerprint density at radius 3 is 2.80 bits per heavy atom. The lowest BCUT2D eigenvalue weighted by Crippen LogP contribution is -2.15. The first kappa shape index (κ1) is 12.3. The van der Waals surface area contributed by atoms with Gasteiger partial charge in [0.05, 0.1) is 23.4 Å². The van der Waals surface area contributed by atoms with Crippen LogP contribution in [0.25, 0.3) is 0 Å². The van der Waals surface area contributed by atoms with Gasteiger partial charge in [0.2, 0.25) is 0 Å². The monoisotopic (exact) mass is 229 g/mol. The molecule has 0 saturated heterocycles. The highest BCUT2D eigenvalue weighted by Crippen LogP contribution is 2.23. The molecule has 1 rings (SSSR count). The molecule has 0 amide bonds. The average Bonchev–Trinajstić information content (AvgIpc) is 2.17. The van der Waals surface area contributed by atoms with Crippen molar-refractivity contribution in [2.75, 3.05) is 19.0 Å². The third kappa shape index (κ3) is 4.08. The largest absolute Gasteiger partial charge is 0.392 e. The molecule has 0 heterocycles. The van der Waals surface area contributed by atoms with E-state index < -0.39 is 0 Å². The SMILES string of the molecule is COCc1ccc(NC[C@H](C)O)c(Cl)c1. The van der Waals surface area contributed by atoms with Crippen LogP contribution >= 0.6 is 11.6 Å². The van der Waals surface area contributed by atoms with E-state index in [0.717, 1.165) is 11.3 Å². The Kier molecular flexibility index (Phi) is 4.88. The van der Waals surface area contributed by atoms with Crippen LogP contribution in [0.5, 0.6) is 0 Å². The summed E-state index contributed by atoms with van der Waals surface area (Å²) in [6.45, 7) is 2.76. The van der Waals surface area contributed by atoms with Gasteiger partial charge < -0.3 is 15.2 Å². The van der Waals surface area contributed by atoms with Crippen molar-refractivity contribution in [1.29, 1.82) is 0 Å². The van der Waals surface area contributed by atoms with Crippen molar-refractivity contribution in [3.63, 3.8) is 0 Å². The number of hydrogen-bond acceptors (Lipinski definition) is 3. The quantitative estimate of drug-likeness (QED) is 0.814. The molecule has 1 aromatic carbocycles. The van der Waals surface area contributed by atoms with Crippen LogP contribution in [0.4, 0.5) is 5.69 Å². The summed E-state index contributed by atoms with van der Waals surface area (Å²) in [5.41, 5.74) is 1.86. The number of rotatable bonds is 5. The van der Waals surface area contributed by atoms with E-state index in [1.807, 2.05) is 18.2 Å². The van der Waals surface area contributed by atoms with Crippen molar-refractivity contribution in [3.05, 3.63) is 28.8 Å². The Balaban J connectivity index is 2.66. The van der Waals surface area contributed by atoms with Crippen LogP contribution in [0.1, 0.15) is 12.5 Å². The lowest BCUT2D eigenvalue weighted by atomic mass is 10.2. The third-order valence-electron chi connectivity index (χ3n) is 1.93. The molecule has 0 aliphatic heterocycles. The fourth-order valence-corrected chi connectivity index (χ4v) is 1.49. The molecule has 0 bridgehead atoms. The van der Waals surface area contributed by atoms with Crippen molar-refractivity contribution in [3.8, 4) is 0 Å². The van der Waals surface area contributed by atoms with Crippen molar-refractivity contribution in [2.45, 2.75) is 19.6 Å². The van der Waals surface area contributed by atoms with Gasteiger partial charge in [-0.3, -0.25) is 0 Å². The second-order valence-electron chi connectivity index (χ2n) is 3.48. The Hall–Kier alpha value is -0.770.